The lowest BCUT2D eigenvalue weighted by Gasteiger charge is -2.40. The van der Waals surface area contributed by atoms with Crippen LogP contribution in [0.2, 0.25) is 0 Å². The molecule has 2 aliphatic heterocycles. The van der Waals surface area contributed by atoms with Crippen LogP contribution in [0.25, 0.3) is 0 Å². The Hall–Kier alpha value is -1.58. The van der Waals surface area contributed by atoms with Crippen LogP contribution in [-0.2, 0) is 10.2 Å². The third-order valence-electron chi connectivity index (χ3n) is 6.79. The zero-order valence-corrected chi connectivity index (χ0v) is 21.8. The van der Waals surface area contributed by atoms with E-state index in [1.807, 2.05) is 37.8 Å². The lowest BCUT2D eigenvalue weighted by atomic mass is 9.95. The molecule has 1 aliphatic carbocycles. The first-order valence-electron chi connectivity index (χ1n) is 11.4. The second kappa shape index (κ2) is 9.73. The molecule has 2 N–H and O–H groups in total. The predicted octanol–water partition coefficient (Wildman–Crippen LogP) is 4.57. The number of amides is 1. The number of aliphatic imine (C=N–C) groups is 1. The van der Waals surface area contributed by atoms with Gasteiger partial charge in [-0.15, -0.1) is 24.0 Å². The molecule has 1 amide bonds. The van der Waals surface area contributed by atoms with Crippen LogP contribution < -0.4 is 10.6 Å². The van der Waals surface area contributed by atoms with Gasteiger partial charge >= 0.3 is 6.09 Å². The first-order chi connectivity index (χ1) is 14.7. The van der Waals surface area contributed by atoms with Crippen LogP contribution in [0.1, 0.15) is 64.9 Å². The number of piperidine rings is 1. The van der Waals surface area contributed by atoms with Crippen molar-refractivity contribution >= 4 is 36.0 Å². The Morgan fingerprint density at radius 1 is 1.22 bits per heavy atom. The summed E-state index contributed by atoms with van der Waals surface area (Å²) in [5.74, 6) is 0.619. The Bertz CT molecular complexity index is 839. The third kappa shape index (κ3) is 5.48. The van der Waals surface area contributed by atoms with Crippen LogP contribution in [0, 0.1) is 5.82 Å². The van der Waals surface area contributed by atoms with Crippen molar-refractivity contribution in [1.29, 1.82) is 0 Å². The summed E-state index contributed by atoms with van der Waals surface area (Å²) in [4.78, 5) is 19.0. The highest BCUT2D eigenvalue weighted by molar-refractivity contribution is 14.0. The fourth-order valence-corrected chi connectivity index (χ4v) is 5.13. The maximum Gasteiger partial charge on any atom is 0.410 e. The topological polar surface area (TPSA) is 66.0 Å². The largest absolute Gasteiger partial charge is 0.444 e. The Balaban J connectivity index is 0.00000289. The molecular weight excluding hydrogens is 522 g/mol. The Labute approximate surface area is 207 Å². The molecule has 2 heterocycles. The molecule has 32 heavy (non-hydrogen) atoms. The van der Waals surface area contributed by atoms with E-state index in [0.29, 0.717) is 6.54 Å². The Morgan fingerprint density at radius 3 is 2.38 bits per heavy atom. The van der Waals surface area contributed by atoms with Crippen molar-refractivity contribution in [3.05, 3.63) is 35.6 Å². The zero-order chi connectivity index (χ0) is 22.2. The van der Waals surface area contributed by atoms with Crippen molar-refractivity contribution in [3.63, 3.8) is 0 Å². The average Bonchev–Trinajstić information content (AvgIpc) is 3.43. The van der Waals surface area contributed by atoms with E-state index in [2.05, 4.69) is 15.6 Å². The third-order valence-corrected chi connectivity index (χ3v) is 6.79. The van der Waals surface area contributed by atoms with Crippen molar-refractivity contribution in [2.75, 3.05) is 13.6 Å². The lowest BCUT2D eigenvalue weighted by Crippen LogP contribution is -2.55. The molecule has 3 aliphatic rings. The molecule has 178 valence electrons. The smallest absolute Gasteiger partial charge is 0.410 e. The van der Waals surface area contributed by atoms with Gasteiger partial charge in [0, 0.05) is 37.1 Å². The lowest BCUT2D eigenvalue weighted by molar-refractivity contribution is 0.00544. The van der Waals surface area contributed by atoms with E-state index >= 15 is 0 Å². The molecule has 0 spiro atoms. The second-order valence-electron chi connectivity index (χ2n) is 10.3. The van der Waals surface area contributed by atoms with Gasteiger partial charge in [0.2, 0.25) is 0 Å². The maximum absolute atomic E-state index is 14.3. The molecule has 4 rings (SSSR count). The summed E-state index contributed by atoms with van der Waals surface area (Å²) >= 11 is 0. The molecule has 2 saturated heterocycles. The van der Waals surface area contributed by atoms with E-state index in [1.54, 1.807) is 13.1 Å². The summed E-state index contributed by atoms with van der Waals surface area (Å²) in [6.07, 6.45) is 5.58. The average molecular weight is 558 g/mol. The van der Waals surface area contributed by atoms with Crippen molar-refractivity contribution < 1.29 is 13.9 Å². The van der Waals surface area contributed by atoms with Gasteiger partial charge in [0.1, 0.15) is 11.4 Å². The summed E-state index contributed by atoms with van der Waals surface area (Å²) in [7, 11) is 1.77. The molecule has 2 unspecified atom stereocenters. The summed E-state index contributed by atoms with van der Waals surface area (Å²) in [6, 6.07) is 7.74. The van der Waals surface area contributed by atoms with Crippen molar-refractivity contribution in [1.82, 2.24) is 15.5 Å². The summed E-state index contributed by atoms with van der Waals surface area (Å²) in [5, 5.41) is 6.97. The van der Waals surface area contributed by atoms with Crippen molar-refractivity contribution in [2.45, 2.75) is 88.4 Å². The number of benzene rings is 1. The number of halogens is 2. The molecule has 1 saturated carbocycles. The van der Waals surface area contributed by atoms with Crippen LogP contribution >= 0.6 is 24.0 Å². The highest BCUT2D eigenvalue weighted by Crippen LogP contribution is 2.48. The van der Waals surface area contributed by atoms with Gasteiger partial charge in [-0.25, -0.2) is 9.18 Å². The molecule has 0 aromatic heterocycles. The van der Waals surface area contributed by atoms with Gasteiger partial charge in [-0.3, -0.25) is 4.99 Å². The molecule has 2 bridgehead atoms. The van der Waals surface area contributed by atoms with E-state index < -0.39 is 5.60 Å². The predicted molar refractivity (Wildman–Crippen MR) is 135 cm³/mol. The van der Waals surface area contributed by atoms with E-state index in [4.69, 9.17) is 4.74 Å². The second-order valence-corrected chi connectivity index (χ2v) is 10.3. The molecule has 1 aromatic rings. The fraction of sp³-hybridized carbons (Fsp3) is 0.667. The number of carbonyl (C=O) groups excluding carboxylic acids is 1. The molecule has 6 nitrogen and oxygen atoms in total. The molecular formula is C24H36FIN4O2. The van der Waals surface area contributed by atoms with Gasteiger partial charge in [0.15, 0.2) is 5.96 Å². The van der Waals surface area contributed by atoms with Crippen LogP contribution in [0.15, 0.2) is 29.3 Å². The van der Waals surface area contributed by atoms with Gasteiger partial charge in [0.05, 0.1) is 0 Å². The van der Waals surface area contributed by atoms with Gasteiger partial charge in [-0.1, -0.05) is 18.2 Å². The van der Waals surface area contributed by atoms with Gasteiger partial charge < -0.3 is 20.3 Å². The van der Waals surface area contributed by atoms with Crippen LogP contribution in [0.5, 0.6) is 0 Å². The number of guanidine groups is 1. The van der Waals surface area contributed by atoms with E-state index in [9.17, 15) is 9.18 Å². The number of ether oxygens (including phenoxy) is 1. The zero-order valence-electron chi connectivity index (χ0n) is 19.5. The first kappa shape index (κ1) is 25.1. The summed E-state index contributed by atoms with van der Waals surface area (Å²) < 4.78 is 19.9. The van der Waals surface area contributed by atoms with Crippen LogP contribution in [0.3, 0.4) is 0 Å². The van der Waals surface area contributed by atoms with Crippen molar-refractivity contribution in [3.8, 4) is 0 Å². The minimum atomic E-state index is -0.478. The summed E-state index contributed by atoms with van der Waals surface area (Å²) in [6.45, 7) is 6.39. The van der Waals surface area contributed by atoms with E-state index in [0.717, 1.165) is 50.0 Å². The molecule has 3 fully saturated rings. The molecule has 0 radical (unpaired) electrons. The highest BCUT2D eigenvalue weighted by atomic mass is 127. The fourth-order valence-electron chi connectivity index (χ4n) is 5.13. The number of carbonyl (C=O) groups is 1. The number of hydrogen-bond donors (Lipinski definition) is 2. The summed E-state index contributed by atoms with van der Waals surface area (Å²) in [5.41, 5.74) is 0.179. The van der Waals surface area contributed by atoms with Gasteiger partial charge in [-0.2, -0.15) is 0 Å². The standard InChI is InChI=1S/C24H35FN4O2.HI/c1-23(2,3)31-22(30)29-17-9-10-18(29)14-16(13-17)28-21(26-4)27-15-24(11-12-24)19-7-5-6-8-20(19)25;/h5-8,16-18H,9-15H2,1-4H3,(H2,26,27,28);1H. The quantitative estimate of drug-likeness (QED) is 0.323. The Kier molecular flexibility index (Phi) is 7.62. The monoisotopic (exact) mass is 558 g/mol. The van der Waals surface area contributed by atoms with E-state index in [-0.39, 0.29) is 59.4 Å². The number of fused-ring (bicyclic) bond motifs is 2. The first-order valence-corrected chi connectivity index (χ1v) is 11.4. The maximum atomic E-state index is 14.3. The molecule has 2 atom stereocenters. The number of hydrogen-bond acceptors (Lipinski definition) is 3. The van der Waals surface area contributed by atoms with Crippen LogP contribution in [0.4, 0.5) is 9.18 Å². The number of rotatable bonds is 4. The highest BCUT2D eigenvalue weighted by Gasteiger charge is 2.47. The SMILES string of the molecule is CN=C(NCC1(c2ccccc2F)CC1)NC1CC2CCC(C1)N2C(=O)OC(C)(C)C.I. The minimum absolute atomic E-state index is 0. The Morgan fingerprint density at radius 2 is 1.84 bits per heavy atom. The normalized spacial score (nSPS) is 26.2. The number of nitrogens with zero attached hydrogens (tertiary/aromatic N) is 2. The van der Waals surface area contributed by atoms with Crippen LogP contribution in [-0.4, -0.2) is 54.3 Å². The molecule has 8 heteroatoms. The van der Waals surface area contributed by atoms with Gasteiger partial charge in [0.25, 0.3) is 0 Å². The number of nitrogens with one attached hydrogen (secondary N) is 2. The minimum Gasteiger partial charge on any atom is -0.444 e. The molecule has 1 aromatic carbocycles. The van der Waals surface area contributed by atoms with Crippen molar-refractivity contribution in [2.24, 2.45) is 4.99 Å². The van der Waals surface area contributed by atoms with E-state index in [1.165, 1.54) is 6.07 Å². The van der Waals surface area contributed by atoms with Gasteiger partial charge in [-0.05, 0) is 70.9 Å².